The first kappa shape index (κ1) is 25.2. The Labute approximate surface area is 188 Å². The minimum absolute atomic E-state index is 0. The average Bonchev–Trinajstić information content (AvgIpc) is 2.67. The van der Waals surface area contributed by atoms with Crippen molar-refractivity contribution in [1.29, 1.82) is 0 Å². The number of benzene rings is 1. The Kier molecular flexibility index (Phi) is 12.7. The van der Waals surface area contributed by atoms with Gasteiger partial charge in [0.1, 0.15) is 0 Å². The molecule has 0 radical (unpaired) electrons. The smallest absolute Gasteiger partial charge is 0.191 e. The lowest BCUT2D eigenvalue weighted by molar-refractivity contribution is 0.0657. The van der Waals surface area contributed by atoms with Gasteiger partial charge in [0.25, 0.3) is 0 Å². The van der Waals surface area contributed by atoms with E-state index in [9.17, 15) is 0 Å². The maximum atomic E-state index is 5.65. The zero-order chi connectivity index (χ0) is 19.5. The van der Waals surface area contributed by atoms with E-state index in [1.165, 1.54) is 50.0 Å². The third-order valence-electron chi connectivity index (χ3n) is 4.84. The van der Waals surface area contributed by atoms with Gasteiger partial charge in [-0.1, -0.05) is 31.2 Å². The number of piperidine rings is 1. The number of guanidine groups is 1. The van der Waals surface area contributed by atoms with Crippen molar-refractivity contribution in [1.82, 2.24) is 15.5 Å². The largest absolute Gasteiger partial charge is 0.374 e. The average molecular weight is 502 g/mol. The predicted molar refractivity (Wildman–Crippen MR) is 129 cm³/mol. The van der Waals surface area contributed by atoms with Crippen molar-refractivity contribution in [3.8, 4) is 0 Å². The van der Waals surface area contributed by atoms with Crippen LogP contribution in [-0.4, -0.2) is 49.2 Å². The molecule has 1 aromatic rings. The van der Waals surface area contributed by atoms with Crippen LogP contribution in [0.3, 0.4) is 0 Å². The van der Waals surface area contributed by atoms with Crippen molar-refractivity contribution >= 4 is 29.9 Å². The van der Waals surface area contributed by atoms with Gasteiger partial charge in [-0.15, -0.1) is 24.0 Å². The van der Waals surface area contributed by atoms with E-state index in [1.807, 2.05) is 0 Å². The molecular weight excluding hydrogens is 463 g/mol. The third-order valence-corrected chi connectivity index (χ3v) is 4.84. The van der Waals surface area contributed by atoms with Crippen LogP contribution in [0, 0.1) is 0 Å². The van der Waals surface area contributed by atoms with Crippen LogP contribution in [-0.2, 0) is 17.9 Å². The molecule has 2 rings (SSSR count). The number of rotatable bonds is 9. The molecule has 2 N–H and O–H groups in total. The number of aliphatic imine (C=N–C) groups is 1. The molecule has 1 aromatic carbocycles. The highest BCUT2D eigenvalue weighted by Gasteiger charge is 2.19. The highest BCUT2D eigenvalue weighted by molar-refractivity contribution is 14.0. The van der Waals surface area contributed by atoms with E-state index in [4.69, 9.17) is 9.73 Å². The van der Waals surface area contributed by atoms with Gasteiger partial charge in [-0.3, -0.25) is 0 Å². The molecule has 0 unspecified atom stereocenters. The second kappa shape index (κ2) is 14.2. The summed E-state index contributed by atoms with van der Waals surface area (Å²) in [5.41, 5.74) is 2.43. The summed E-state index contributed by atoms with van der Waals surface area (Å²) in [5.74, 6) is 0.929. The first-order valence-corrected chi connectivity index (χ1v) is 10.6. The zero-order valence-corrected chi connectivity index (χ0v) is 20.4. The van der Waals surface area contributed by atoms with Crippen molar-refractivity contribution in [2.45, 2.75) is 72.3 Å². The Hall–Kier alpha value is -0.860. The van der Waals surface area contributed by atoms with E-state index in [2.05, 4.69) is 67.5 Å². The van der Waals surface area contributed by atoms with Gasteiger partial charge in [-0.05, 0) is 57.7 Å². The van der Waals surface area contributed by atoms with Gasteiger partial charge in [-0.25, -0.2) is 4.99 Å². The van der Waals surface area contributed by atoms with E-state index in [0.29, 0.717) is 19.2 Å². The lowest BCUT2D eigenvalue weighted by atomic mass is 10.1. The highest BCUT2D eigenvalue weighted by atomic mass is 127. The molecule has 0 amide bonds. The normalized spacial score (nSPS) is 16.1. The van der Waals surface area contributed by atoms with Gasteiger partial charge in [0, 0.05) is 25.7 Å². The molecule has 1 aliphatic rings. The van der Waals surface area contributed by atoms with Crippen molar-refractivity contribution in [3.05, 3.63) is 35.4 Å². The number of nitrogens with zero attached hydrogens (tertiary/aromatic N) is 2. The molecule has 0 atom stereocenters. The number of halogens is 1. The summed E-state index contributed by atoms with van der Waals surface area (Å²) >= 11 is 0. The Morgan fingerprint density at radius 2 is 1.79 bits per heavy atom. The summed E-state index contributed by atoms with van der Waals surface area (Å²) in [4.78, 5) is 7.35. The number of likely N-dealkylation sites (tertiary alicyclic amines) is 1. The predicted octanol–water partition coefficient (Wildman–Crippen LogP) is 4.16. The van der Waals surface area contributed by atoms with Crippen LogP contribution in [0.4, 0.5) is 0 Å². The molecule has 1 aliphatic heterocycles. The van der Waals surface area contributed by atoms with Gasteiger partial charge in [0.05, 0.1) is 19.3 Å². The molecule has 28 heavy (non-hydrogen) atoms. The maximum absolute atomic E-state index is 5.65. The number of hydrogen-bond donors (Lipinski definition) is 2. The second-order valence-electron chi connectivity index (χ2n) is 7.63. The first-order chi connectivity index (χ1) is 13.1. The van der Waals surface area contributed by atoms with Crippen LogP contribution in [0.5, 0.6) is 0 Å². The van der Waals surface area contributed by atoms with E-state index in [0.717, 1.165) is 12.5 Å². The summed E-state index contributed by atoms with van der Waals surface area (Å²) in [6, 6.07) is 9.09. The van der Waals surface area contributed by atoms with E-state index in [1.54, 1.807) is 0 Å². The Morgan fingerprint density at radius 1 is 1.14 bits per heavy atom. The van der Waals surface area contributed by atoms with Crippen molar-refractivity contribution < 1.29 is 4.74 Å². The van der Waals surface area contributed by atoms with Gasteiger partial charge in [0.15, 0.2) is 5.96 Å². The zero-order valence-electron chi connectivity index (χ0n) is 18.0. The van der Waals surface area contributed by atoms with Gasteiger partial charge < -0.3 is 20.3 Å². The molecule has 1 fully saturated rings. The number of nitrogens with one attached hydrogen (secondary N) is 2. The minimum atomic E-state index is 0. The SMILES string of the molecule is CCCN1CCC(NC(=NCc2ccc(COC(C)C)cc2)NCC)CC1.I. The van der Waals surface area contributed by atoms with E-state index in [-0.39, 0.29) is 30.1 Å². The fourth-order valence-electron chi connectivity index (χ4n) is 3.30. The molecule has 0 saturated carbocycles. The fourth-order valence-corrected chi connectivity index (χ4v) is 3.30. The molecular formula is C22H39IN4O. The lowest BCUT2D eigenvalue weighted by Gasteiger charge is -2.32. The summed E-state index contributed by atoms with van der Waals surface area (Å²) in [6.45, 7) is 14.3. The molecule has 0 aromatic heterocycles. The van der Waals surface area contributed by atoms with E-state index < -0.39 is 0 Å². The van der Waals surface area contributed by atoms with Gasteiger partial charge >= 0.3 is 0 Å². The lowest BCUT2D eigenvalue weighted by Crippen LogP contribution is -2.48. The molecule has 0 aliphatic carbocycles. The van der Waals surface area contributed by atoms with Crippen LogP contribution in [0.1, 0.15) is 58.1 Å². The van der Waals surface area contributed by atoms with Crippen LogP contribution in [0.25, 0.3) is 0 Å². The molecule has 160 valence electrons. The van der Waals surface area contributed by atoms with Crippen LogP contribution in [0.15, 0.2) is 29.3 Å². The summed E-state index contributed by atoms with van der Waals surface area (Å²) in [5, 5.41) is 7.01. The fraction of sp³-hybridized carbons (Fsp3) is 0.682. The van der Waals surface area contributed by atoms with Crippen molar-refractivity contribution in [2.75, 3.05) is 26.2 Å². The topological polar surface area (TPSA) is 48.9 Å². The second-order valence-corrected chi connectivity index (χ2v) is 7.63. The summed E-state index contributed by atoms with van der Waals surface area (Å²) < 4.78 is 5.65. The molecule has 1 heterocycles. The molecule has 1 saturated heterocycles. The standard InChI is InChI=1S/C22H38N4O.HI/c1-5-13-26-14-11-21(12-15-26)25-22(23-6-2)24-16-19-7-9-20(10-8-19)17-27-18(3)4;/h7-10,18,21H,5-6,11-17H2,1-4H3,(H2,23,24,25);1H. The first-order valence-electron chi connectivity index (χ1n) is 10.6. The number of hydrogen-bond acceptors (Lipinski definition) is 3. The van der Waals surface area contributed by atoms with Gasteiger partial charge in [-0.2, -0.15) is 0 Å². The number of ether oxygens (including phenoxy) is 1. The maximum Gasteiger partial charge on any atom is 0.191 e. The highest BCUT2D eigenvalue weighted by Crippen LogP contribution is 2.11. The van der Waals surface area contributed by atoms with E-state index >= 15 is 0 Å². The third kappa shape index (κ3) is 9.56. The van der Waals surface area contributed by atoms with Gasteiger partial charge in [0.2, 0.25) is 0 Å². The molecule has 5 nitrogen and oxygen atoms in total. The van der Waals surface area contributed by atoms with Crippen LogP contribution < -0.4 is 10.6 Å². The Bertz CT molecular complexity index is 554. The van der Waals surface area contributed by atoms with Crippen molar-refractivity contribution in [3.63, 3.8) is 0 Å². The molecule has 0 bridgehead atoms. The molecule has 6 heteroatoms. The Balaban J connectivity index is 0.00000392. The monoisotopic (exact) mass is 502 g/mol. The quantitative estimate of drug-likeness (QED) is 0.303. The molecule has 0 spiro atoms. The minimum Gasteiger partial charge on any atom is -0.374 e. The Morgan fingerprint density at radius 3 is 2.36 bits per heavy atom. The summed E-state index contributed by atoms with van der Waals surface area (Å²) in [6.07, 6.45) is 3.88. The van der Waals surface area contributed by atoms with Crippen LogP contribution in [0.2, 0.25) is 0 Å². The summed E-state index contributed by atoms with van der Waals surface area (Å²) in [7, 11) is 0. The van der Waals surface area contributed by atoms with Crippen molar-refractivity contribution in [2.24, 2.45) is 4.99 Å². The van der Waals surface area contributed by atoms with Crippen LogP contribution >= 0.6 is 24.0 Å².